The van der Waals surface area contributed by atoms with Crippen molar-refractivity contribution in [2.75, 3.05) is 45.9 Å². The van der Waals surface area contributed by atoms with Crippen LogP contribution in [0.25, 0.3) is 10.6 Å². The summed E-state index contributed by atoms with van der Waals surface area (Å²) in [7, 11) is 0. The van der Waals surface area contributed by atoms with Gasteiger partial charge >= 0.3 is 6.09 Å². The molecule has 0 radical (unpaired) electrons. The van der Waals surface area contributed by atoms with E-state index < -0.39 is 0 Å². The molecule has 2 aromatic rings. The Kier molecular flexibility index (Phi) is 6.77. The molecule has 1 aliphatic carbocycles. The van der Waals surface area contributed by atoms with Crippen molar-refractivity contribution in [3.8, 4) is 10.6 Å². The van der Waals surface area contributed by atoms with Crippen LogP contribution >= 0.6 is 11.3 Å². The van der Waals surface area contributed by atoms with Crippen LogP contribution in [-0.2, 0) is 20.7 Å². The fourth-order valence-corrected chi connectivity index (χ4v) is 6.19. The largest absolute Gasteiger partial charge is 0.450 e. The highest BCUT2D eigenvalue weighted by atomic mass is 32.1. The molecule has 3 fully saturated rings. The molecule has 0 N–H and O–H groups in total. The Morgan fingerprint density at radius 1 is 1.00 bits per heavy atom. The molecule has 1 aromatic carbocycles. The number of carbonyl (C=O) groups excluding carboxylic acids is 3. The number of nitrogens with zero attached hydrogens (tertiary/aromatic N) is 4. The van der Waals surface area contributed by atoms with Gasteiger partial charge in [-0.2, -0.15) is 0 Å². The molecule has 1 saturated carbocycles. The van der Waals surface area contributed by atoms with E-state index in [4.69, 9.17) is 4.74 Å². The summed E-state index contributed by atoms with van der Waals surface area (Å²) in [4.78, 5) is 48.1. The molecule has 8 nitrogen and oxygen atoms in total. The maximum Gasteiger partial charge on any atom is 0.409 e. The van der Waals surface area contributed by atoms with Crippen LogP contribution in [0.4, 0.5) is 4.79 Å². The second-order valence-electron chi connectivity index (χ2n) is 9.70. The second kappa shape index (κ2) is 9.97. The number of amides is 3. The molecular weight excluding hydrogens is 464 g/mol. The Morgan fingerprint density at radius 2 is 1.69 bits per heavy atom. The van der Waals surface area contributed by atoms with Crippen LogP contribution in [0, 0.1) is 11.3 Å². The highest BCUT2D eigenvalue weighted by Gasteiger charge is 2.59. The number of aromatic nitrogens is 1. The van der Waals surface area contributed by atoms with E-state index in [0.29, 0.717) is 52.3 Å². The van der Waals surface area contributed by atoms with Gasteiger partial charge in [0.25, 0.3) is 0 Å². The van der Waals surface area contributed by atoms with Gasteiger partial charge in [0.1, 0.15) is 5.01 Å². The van der Waals surface area contributed by atoms with E-state index >= 15 is 0 Å². The molecule has 5 rings (SSSR count). The second-order valence-corrected chi connectivity index (χ2v) is 10.6. The lowest BCUT2D eigenvalue weighted by Crippen LogP contribution is -2.51. The number of hydrogen-bond donors (Lipinski definition) is 0. The van der Waals surface area contributed by atoms with Crippen molar-refractivity contribution in [2.24, 2.45) is 11.3 Å². The summed E-state index contributed by atoms with van der Waals surface area (Å²) < 4.78 is 5.06. The van der Waals surface area contributed by atoms with Gasteiger partial charge in [0.05, 0.1) is 18.7 Å². The Balaban J connectivity index is 1.08. The first-order chi connectivity index (χ1) is 17.0. The number of piperidine rings is 1. The quantitative estimate of drug-likeness (QED) is 0.635. The molecule has 1 aromatic heterocycles. The molecule has 3 heterocycles. The first-order valence-electron chi connectivity index (χ1n) is 12.5. The maximum absolute atomic E-state index is 13.1. The molecule has 2 aliphatic heterocycles. The highest BCUT2D eigenvalue weighted by Crippen LogP contribution is 2.60. The Bertz CT molecular complexity index is 1070. The van der Waals surface area contributed by atoms with Gasteiger partial charge in [-0.1, -0.05) is 30.3 Å². The number of likely N-dealkylation sites (tertiary alicyclic amines) is 1. The summed E-state index contributed by atoms with van der Waals surface area (Å²) >= 11 is 1.57. The molecule has 1 spiro atoms. The molecule has 2 saturated heterocycles. The van der Waals surface area contributed by atoms with E-state index in [-0.39, 0.29) is 29.2 Å². The fraction of sp³-hybridized carbons (Fsp3) is 0.538. The molecule has 3 amide bonds. The van der Waals surface area contributed by atoms with E-state index in [2.05, 4.69) is 4.98 Å². The van der Waals surface area contributed by atoms with Crippen LogP contribution in [0.1, 0.15) is 31.9 Å². The molecule has 1 unspecified atom stereocenters. The summed E-state index contributed by atoms with van der Waals surface area (Å²) in [5.41, 5.74) is 1.94. The van der Waals surface area contributed by atoms with Crippen molar-refractivity contribution in [1.29, 1.82) is 0 Å². The zero-order valence-corrected chi connectivity index (χ0v) is 21.0. The maximum atomic E-state index is 13.1. The van der Waals surface area contributed by atoms with Gasteiger partial charge in [0.15, 0.2) is 0 Å². The molecule has 1 atom stereocenters. The molecular formula is C26H32N4O4S. The van der Waals surface area contributed by atoms with E-state index in [0.717, 1.165) is 35.5 Å². The molecule has 35 heavy (non-hydrogen) atoms. The summed E-state index contributed by atoms with van der Waals surface area (Å²) in [5.74, 6) is 0.383. The Labute approximate surface area is 209 Å². The van der Waals surface area contributed by atoms with Crippen molar-refractivity contribution >= 4 is 29.2 Å². The zero-order chi connectivity index (χ0) is 24.4. The lowest BCUT2D eigenvalue weighted by molar-refractivity contribution is -0.135. The predicted octanol–water partition coefficient (Wildman–Crippen LogP) is 3.28. The summed E-state index contributed by atoms with van der Waals surface area (Å²) in [6.07, 6.45) is 2.70. The number of thiazole rings is 1. The monoisotopic (exact) mass is 496 g/mol. The lowest BCUT2D eigenvalue weighted by Gasteiger charge is -2.36. The third-order valence-electron chi connectivity index (χ3n) is 7.62. The van der Waals surface area contributed by atoms with Crippen molar-refractivity contribution in [2.45, 2.75) is 32.6 Å². The Hall–Kier alpha value is -2.94. The van der Waals surface area contributed by atoms with E-state index in [9.17, 15) is 14.4 Å². The zero-order valence-electron chi connectivity index (χ0n) is 20.1. The third-order valence-corrected chi connectivity index (χ3v) is 8.56. The van der Waals surface area contributed by atoms with Gasteiger partial charge in [0.2, 0.25) is 11.8 Å². The van der Waals surface area contributed by atoms with Gasteiger partial charge in [0, 0.05) is 56.1 Å². The SMILES string of the molecule is CCOC(=O)N1CCN(C(=O)C2CC23CCN(C(=O)Cc2csc(-c4ccccc4)n2)CC3)CC1. The van der Waals surface area contributed by atoms with Crippen LogP contribution in [0.2, 0.25) is 0 Å². The normalized spacial score (nSPS) is 21.2. The van der Waals surface area contributed by atoms with E-state index in [1.54, 1.807) is 23.2 Å². The van der Waals surface area contributed by atoms with Crippen LogP contribution in [0.3, 0.4) is 0 Å². The van der Waals surface area contributed by atoms with Crippen molar-refractivity contribution in [3.63, 3.8) is 0 Å². The van der Waals surface area contributed by atoms with Gasteiger partial charge in [-0.3, -0.25) is 9.59 Å². The number of hydrogen-bond acceptors (Lipinski definition) is 6. The number of carbonyl (C=O) groups is 3. The first-order valence-corrected chi connectivity index (χ1v) is 13.3. The summed E-state index contributed by atoms with van der Waals surface area (Å²) in [6.45, 7) is 5.74. The standard InChI is InChI=1S/C26H32N4O4S/c1-2-34-25(33)30-14-12-29(13-15-30)24(32)21-17-26(21)8-10-28(11-9-26)22(31)16-20-18-35-23(27-20)19-6-4-3-5-7-19/h3-7,18,21H,2,8-17H2,1H3. The van der Waals surface area contributed by atoms with Gasteiger partial charge in [-0.25, -0.2) is 9.78 Å². The van der Waals surface area contributed by atoms with Crippen LogP contribution < -0.4 is 0 Å². The highest BCUT2D eigenvalue weighted by molar-refractivity contribution is 7.13. The van der Waals surface area contributed by atoms with Crippen molar-refractivity contribution in [1.82, 2.24) is 19.7 Å². The summed E-state index contributed by atoms with van der Waals surface area (Å²) in [5, 5.41) is 2.91. The van der Waals surface area contributed by atoms with E-state index in [1.165, 1.54) is 0 Å². The molecule has 9 heteroatoms. The van der Waals surface area contributed by atoms with E-state index in [1.807, 2.05) is 45.5 Å². The van der Waals surface area contributed by atoms with Gasteiger partial charge in [-0.15, -0.1) is 11.3 Å². The molecule has 3 aliphatic rings. The lowest BCUT2D eigenvalue weighted by atomic mass is 9.90. The number of benzene rings is 1. The third kappa shape index (κ3) is 5.05. The van der Waals surface area contributed by atoms with Crippen LogP contribution in [-0.4, -0.2) is 83.5 Å². The van der Waals surface area contributed by atoms with Crippen LogP contribution in [0.5, 0.6) is 0 Å². The molecule has 186 valence electrons. The Morgan fingerprint density at radius 3 is 2.37 bits per heavy atom. The number of ether oxygens (including phenoxy) is 1. The number of rotatable bonds is 5. The minimum Gasteiger partial charge on any atom is -0.450 e. The van der Waals surface area contributed by atoms with Gasteiger partial charge in [-0.05, 0) is 31.6 Å². The average Bonchev–Trinajstić information content (AvgIpc) is 3.37. The molecule has 0 bridgehead atoms. The van der Waals surface area contributed by atoms with Crippen LogP contribution in [0.15, 0.2) is 35.7 Å². The predicted molar refractivity (Wildman–Crippen MR) is 133 cm³/mol. The first kappa shape index (κ1) is 23.8. The van der Waals surface area contributed by atoms with Crippen molar-refractivity contribution in [3.05, 3.63) is 41.4 Å². The minimum atomic E-state index is -0.298. The number of piperazine rings is 1. The average molecular weight is 497 g/mol. The van der Waals surface area contributed by atoms with Crippen molar-refractivity contribution < 1.29 is 19.1 Å². The fourth-order valence-electron chi connectivity index (χ4n) is 5.36. The topological polar surface area (TPSA) is 83.0 Å². The summed E-state index contributed by atoms with van der Waals surface area (Å²) in [6, 6.07) is 10.0. The minimum absolute atomic E-state index is 0.0489. The smallest absolute Gasteiger partial charge is 0.409 e. The van der Waals surface area contributed by atoms with Gasteiger partial charge < -0.3 is 19.4 Å².